The van der Waals surface area contributed by atoms with Gasteiger partial charge in [-0.05, 0) is 43.0 Å². The number of hydrogen-bond acceptors (Lipinski definition) is 2. The highest BCUT2D eigenvalue weighted by atomic mass is 35.5. The summed E-state index contributed by atoms with van der Waals surface area (Å²) in [7, 11) is 0. The van der Waals surface area contributed by atoms with Crippen LogP contribution in [0.2, 0.25) is 5.02 Å². The Hall–Kier alpha value is -1.20. The fraction of sp³-hybridized carbons (Fsp3) is 0.611. The Bertz CT molecular complexity index is 499. The number of nitriles is 1. The molecule has 2 unspecified atom stereocenters. The number of halogens is 1. The third-order valence-electron chi connectivity index (χ3n) is 5.17. The molecule has 2 aliphatic rings. The molecule has 21 heavy (non-hydrogen) atoms. The lowest BCUT2D eigenvalue weighted by Crippen LogP contribution is -2.34. The smallest absolute Gasteiger partial charge is 0.0683 e. The number of nitrogens with zero attached hydrogens (tertiary/aromatic N) is 2. The number of benzene rings is 1. The lowest BCUT2D eigenvalue weighted by molar-refractivity contribution is 0.306. The summed E-state index contributed by atoms with van der Waals surface area (Å²) in [6.07, 6.45) is 9.01. The average Bonchev–Trinajstić information content (AvgIpc) is 2.92. The molecular formula is C18H23ClN2. The first-order valence-corrected chi connectivity index (χ1v) is 8.57. The van der Waals surface area contributed by atoms with Gasteiger partial charge in [0.25, 0.3) is 0 Å². The van der Waals surface area contributed by atoms with E-state index in [9.17, 15) is 5.26 Å². The summed E-state index contributed by atoms with van der Waals surface area (Å²) in [5.74, 6) is 0.995. The van der Waals surface area contributed by atoms with Crippen LogP contribution in [0.25, 0.3) is 0 Å². The quantitative estimate of drug-likeness (QED) is 0.783. The first kappa shape index (κ1) is 14.7. The number of rotatable bonds is 3. The highest BCUT2D eigenvalue weighted by molar-refractivity contribution is 6.30. The van der Waals surface area contributed by atoms with E-state index in [1.165, 1.54) is 44.2 Å². The van der Waals surface area contributed by atoms with Gasteiger partial charge in [-0.25, -0.2) is 0 Å². The van der Waals surface area contributed by atoms with Crippen LogP contribution in [0.4, 0.5) is 5.69 Å². The Morgan fingerprint density at radius 3 is 2.48 bits per heavy atom. The monoisotopic (exact) mass is 302 g/mol. The number of anilines is 1. The molecule has 0 amide bonds. The minimum Gasteiger partial charge on any atom is -0.367 e. The Morgan fingerprint density at radius 2 is 1.81 bits per heavy atom. The fourth-order valence-corrected chi connectivity index (χ4v) is 4.14. The third-order valence-corrected chi connectivity index (χ3v) is 5.42. The highest BCUT2D eigenvalue weighted by Gasteiger charge is 2.36. The van der Waals surface area contributed by atoms with Crippen molar-refractivity contribution in [3.63, 3.8) is 0 Å². The van der Waals surface area contributed by atoms with Gasteiger partial charge >= 0.3 is 0 Å². The summed E-state index contributed by atoms with van der Waals surface area (Å²) in [6.45, 7) is 0.997. The van der Waals surface area contributed by atoms with Crippen LogP contribution >= 0.6 is 11.6 Å². The van der Waals surface area contributed by atoms with E-state index < -0.39 is 0 Å². The highest BCUT2D eigenvalue weighted by Crippen LogP contribution is 2.37. The normalized spacial score (nSPS) is 26.8. The first-order chi connectivity index (χ1) is 10.3. The minimum atomic E-state index is 0.183. The van der Waals surface area contributed by atoms with Gasteiger partial charge in [0.05, 0.1) is 12.0 Å². The van der Waals surface area contributed by atoms with Gasteiger partial charge in [-0.2, -0.15) is 5.26 Å². The fourth-order valence-electron chi connectivity index (χ4n) is 4.01. The summed E-state index contributed by atoms with van der Waals surface area (Å²) in [4.78, 5) is 2.44. The van der Waals surface area contributed by atoms with Crippen molar-refractivity contribution < 1.29 is 0 Å². The largest absolute Gasteiger partial charge is 0.367 e. The van der Waals surface area contributed by atoms with Crippen molar-refractivity contribution in [3.8, 4) is 6.07 Å². The summed E-state index contributed by atoms with van der Waals surface area (Å²) < 4.78 is 0. The van der Waals surface area contributed by atoms with Crippen LogP contribution in [0.1, 0.15) is 44.9 Å². The predicted octanol–water partition coefficient (Wildman–Crippen LogP) is 5.03. The predicted molar refractivity (Wildman–Crippen MR) is 87.5 cm³/mol. The van der Waals surface area contributed by atoms with Crippen LogP contribution in [-0.2, 0) is 0 Å². The Balaban J connectivity index is 1.75. The van der Waals surface area contributed by atoms with E-state index in [0.717, 1.165) is 23.9 Å². The lowest BCUT2D eigenvalue weighted by atomic mass is 9.82. The summed E-state index contributed by atoms with van der Waals surface area (Å²) in [6, 6.07) is 11.0. The zero-order valence-corrected chi connectivity index (χ0v) is 13.2. The second-order valence-corrected chi connectivity index (χ2v) is 6.94. The first-order valence-electron chi connectivity index (χ1n) is 8.20. The second kappa shape index (κ2) is 6.71. The van der Waals surface area contributed by atoms with Gasteiger partial charge < -0.3 is 4.90 Å². The van der Waals surface area contributed by atoms with Crippen LogP contribution < -0.4 is 4.90 Å². The van der Waals surface area contributed by atoms with Gasteiger partial charge in [0.1, 0.15) is 0 Å². The molecule has 1 aliphatic carbocycles. The van der Waals surface area contributed by atoms with Crippen molar-refractivity contribution in [2.75, 3.05) is 11.4 Å². The van der Waals surface area contributed by atoms with Crippen LogP contribution in [-0.4, -0.2) is 12.6 Å². The zero-order valence-electron chi connectivity index (χ0n) is 12.5. The van der Waals surface area contributed by atoms with E-state index in [0.29, 0.717) is 6.04 Å². The van der Waals surface area contributed by atoms with E-state index in [-0.39, 0.29) is 5.92 Å². The van der Waals surface area contributed by atoms with Crippen molar-refractivity contribution in [3.05, 3.63) is 29.3 Å². The molecule has 0 radical (unpaired) electrons. The minimum absolute atomic E-state index is 0.183. The van der Waals surface area contributed by atoms with E-state index >= 15 is 0 Å². The number of hydrogen-bond donors (Lipinski definition) is 0. The maximum Gasteiger partial charge on any atom is 0.0683 e. The van der Waals surface area contributed by atoms with Crippen molar-refractivity contribution in [1.82, 2.24) is 0 Å². The van der Waals surface area contributed by atoms with Gasteiger partial charge in [-0.3, -0.25) is 0 Å². The molecule has 0 bridgehead atoms. The van der Waals surface area contributed by atoms with Crippen molar-refractivity contribution in [1.29, 1.82) is 5.26 Å². The standard InChI is InChI=1S/C18H23ClN2/c19-16-6-8-17(9-7-16)21-11-10-15(13-20)18(21)12-14-4-2-1-3-5-14/h6-9,14-15,18H,1-5,10-12H2. The van der Waals surface area contributed by atoms with Crippen LogP contribution in [0, 0.1) is 23.2 Å². The maximum atomic E-state index is 9.48. The molecule has 0 N–H and O–H groups in total. The summed E-state index contributed by atoms with van der Waals surface area (Å²) >= 11 is 6.00. The van der Waals surface area contributed by atoms with Crippen LogP contribution in [0.3, 0.4) is 0 Å². The van der Waals surface area contributed by atoms with Crippen LogP contribution in [0.15, 0.2) is 24.3 Å². The van der Waals surface area contributed by atoms with Gasteiger partial charge in [0, 0.05) is 23.3 Å². The molecule has 1 aromatic rings. The van der Waals surface area contributed by atoms with E-state index in [2.05, 4.69) is 23.1 Å². The molecule has 1 aliphatic heterocycles. The Kier molecular flexibility index (Phi) is 4.70. The molecule has 112 valence electrons. The van der Waals surface area contributed by atoms with Gasteiger partial charge in [-0.1, -0.05) is 43.7 Å². The molecule has 1 saturated carbocycles. The summed E-state index contributed by atoms with van der Waals surface area (Å²) in [5, 5.41) is 10.3. The van der Waals surface area contributed by atoms with Crippen molar-refractivity contribution in [2.45, 2.75) is 51.0 Å². The van der Waals surface area contributed by atoms with Crippen LogP contribution in [0.5, 0.6) is 0 Å². The van der Waals surface area contributed by atoms with Crippen molar-refractivity contribution >= 4 is 17.3 Å². The SMILES string of the molecule is N#CC1CCN(c2ccc(Cl)cc2)C1CC1CCCCC1. The van der Waals surface area contributed by atoms with E-state index in [1.807, 2.05) is 12.1 Å². The maximum absolute atomic E-state index is 9.48. The van der Waals surface area contributed by atoms with E-state index in [1.54, 1.807) is 0 Å². The lowest BCUT2D eigenvalue weighted by Gasteiger charge is -2.32. The van der Waals surface area contributed by atoms with Gasteiger partial charge in [0.2, 0.25) is 0 Å². The van der Waals surface area contributed by atoms with Crippen molar-refractivity contribution in [2.24, 2.45) is 11.8 Å². The second-order valence-electron chi connectivity index (χ2n) is 6.50. The molecule has 1 aromatic carbocycles. The molecule has 0 aromatic heterocycles. The Morgan fingerprint density at radius 1 is 1.10 bits per heavy atom. The molecule has 2 fully saturated rings. The molecule has 3 heteroatoms. The molecule has 2 nitrogen and oxygen atoms in total. The Labute approximate surface area is 132 Å². The average molecular weight is 303 g/mol. The molecule has 1 saturated heterocycles. The molecule has 3 rings (SSSR count). The van der Waals surface area contributed by atoms with Gasteiger partial charge in [-0.15, -0.1) is 0 Å². The van der Waals surface area contributed by atoms with Gasteiger partial charge in [0.15, 0.2) is 0 Å². The molecular weight excluding hydrogens is 280 g/mol. The third kappa shape index (κ3) is 3.35. The molecule has 1 heterocycles. The zero-order chi connectivity index (χ0) is 14.7. The topological polar surface area (TPSA) is 27.0 Å². The molecule has 2 atom stereocenters. The molecule has 0 spiro atoms. The summed E-state index contributed by atoms with van der Waals surface area (Å²) in [5.41, 5.74) is 1.22. The van der Waals surface area contributed by atoms with E-state index in [4.69, 9.17) is 11.6 Å².